The summed E-state index contributed by atoms with van der Waals surface area (Å²) < 4.78 is 6.28. The van der Waals surface area contributed by atoms with Crippen molar-refractivity contribution < 1.29 is 9.53 Å². The normalized spacial score (nSPS) is 18.8. The molecule has 6 nitrogen and oxygen atoms in total. The van der Waals surface area contributed by atoms with E-state index in [1.807, 2.05) is 11.8 Å². The van der Waals surface area contributed by atoms with E-state index in [9.17, 15) is 4.79 Å². The summed E-state index contributed by atoms with van der Waals surface area (Å²) in [7, 11) is 0. The van der Waals surface area contributed by atoms with E-state index in [1.54, 1.807) is 0 Å². The minimum atomic E-state index is 0.128. The Bertz CT molecular complexity index is 455. The standard InChI is InChI=1S/C13H22N4O2S2/c1-3-4-5-14-12-15-16-13(21-12)20-9-11(18)17-6-7-19-10(2)8-17/h10H,3-9H2,1-2H3,(H,14,15). The number of carbonyl (C=O) groups is 1. The highest BCUT2D eigenvalue weighted by molar-refractivity contribution is 8.01. The van der Waals surface area contributed by atoms with Crippen molar-refractivity contribution >= 4 is 34.1 Å². The predicted molar refractivity (Wildman–Crippen MR) is 86.0 cm³/mol. The molecule has 21 heavy (non-hydrogen) atoms. The van der Waals surface area contributed by atoms with Crippen molar-refractivity contribution in [3.8, 4) is 0 Å². The van der Waals surface area contributed by atoms with Gasteiger partial charge in [0, 0.05) is 19.6 Å². The van der Waals surface area contributed by atoms with Crippen LogP contribution in [0.1, 0.15) is 26.7 Å². The molecule has 1 aromatic rings. The average molecular weight is 330 g/mol. The molecule has 1 amide bonds. The van der Waals surface area contributed by atoms with Gasteiger partial charge >= 0.3 is 0 Å². The van der Waals surface area contributed by atoms with Crippen molar-refractivity contribution in [1.29, 1.82) is 0 Å². The smallest absolute Gasteiger partial charge is 0.233 e. The summed E-state index contributed by atoms with van der Waals surface area (Å²) in [5, 5.41) is 12.3. The number of unbranched alkanes of at least 4 members (excludes halogenated alkanes) is 1. The number of rotatable bonds is 7. The van der Waals surface area contributed by atoms with Crippen molar-refractivity contribution in [3.63, 3.8) is 0 Å². The number of anilines is 1. The first kappa shape index (κ1) is 16.5. The molecule has 8 heteroatoms. The molecule has 1 atom stereocenters. The van der Waals surface area contributed by atoms with Gasteiger partial charge in [0.1, 0.15) is 0 Å². The number of thioether (sulfide) groups is 1. The summed E-state index contributed by atoms with van der Waals surface area (Å²) in [6.07, 6.45) is 2.40. The molecule has 0 saturated carbocycles. The second kappa shape index (κ2) is 8.55. The minimum absolute atomic E-state index is 0.128. The first-order chi connectivity index (χ1) is 10.2. The molecule has 1 aromatic heterocycles. The van der Waals surface area contributed by atoms with Crippen LogP contribution in [0.2, 0.25) is 0 Å². The molecule has 0 aliphatic carbocycles. The number of hydrogen-bond donors (Lipinski definition) is 1. The largest absolute Gasteiger partial charge is 0.375 e. The molecule has 1 fully saturated rings. The van der Waals surface area contributed by atoms with E-state index in [4.69, 9.17) is 4.74 Å². The molecule has 0 spiro atoms. The second-order valence-electron chi connectivity index (χ2n) is 4.96. The number of aromatic nitrogens is 2. The van der Waals surface area contributed by atoms with Gasteiger partial charge < -0.3 is 15.0 Å². The summed E-state index contributed by atoms with van der Waals surface area (Å²) in [4.78, 5) is 14.0. The van der Waals surface area contributed by atoms with Crippen LogP contribution in [0.15, 0.2) is 4.34 Å². The molecule has 0 aromatic carbocycles. The molecule has 1 N–H and O–H groups in total. The van der Waals surface area contributed by atoms with Crippen LogP contribution in [0.4, 0.5) is 5.13 Å². The number of morpholine rings is 1. The predicted octanol–water partition coefficient (Wildman–Crippen LogP) is 2.09. The fraction of sp³-hybridized carbons (Fsp3) is 0.769. The number of hydrogen-bond acceptors (Lipinski definition) is 7. The van der Waals surface area contributed by atoms with Crippen molar-refractivity contribution in [1.82, 2.24) is 15.1 Å². The van der Waals surface area contributed by atoms with E-state index in [2.05, 4.69) is 22.4 Å². The van der Waals surface area contributed by atoms with Crippen LogP contribution >= 0.6 is 23.1 Å². The molecular weight excluding hydrogens is 308 g/mol. The van der Waals surface area contributed by atoms with Gasteiger partial charge in [0.05, 0.1) is 18.5 Å². The molecule has 1 unspecified atom stereocenters. The van der Waals surface area contributed by atoms with Crippen LogP contribution in [0.3, 0.4) is 0 Å². The van der Waals surface area contributed by atoms with Crippen LogP contribution in [-0.2, 0) is 9.53 Å². The Balaban J connectivity index is 1.73. The molecule has 1 aliphatic heterocycles. The highest BCUT2D eigenvalue weighted by Crippen LogP contribution is 2.25. The lowest BCUT2D eigenvalue weighted by Crippen LogP contribution is -2.45. The summed E-state index contributed by atoms with van der Waals surface area (Å²) in [5.74, 6) is 0.557. The van der Waals surface area contributed by atoms with Crippen LogP contribution in [0, 0.1) is 0 Å². The first-order valence-electron chi connectivity index (χ1n) is 7.28. The van der Waals surface area contributed by atoms with Crippen LogP contribution < -0.4 is 5.32 Å². The van der Waals surface area contributed by atoms with Gasteiger partial charge in [-0.2, -0.15) is 0 Å². The fourth-order valence-electron chi connectivity index (χ4n) is 1.97. The molecule has 1 aliphatic rings. The third-order valence-corrected chi connectivity index (χ3v) is 5.12. The monoisotopic (exact) mass is 330 g/mol. The average Bonchev–Trinajstić information content (AvgIpc) is 2.93. The van der Waals surface area contributed by atoms with E-state index in [0.29, 0.717) is 25.4 Å². The lowest BCUT2D eigenvalue weighted by atomic mass is 10.3. The molecule has 2 rings (SSSR count). The summed E-state index contributed by atoms with van der Waals surface area (Å²) >= 11 is 2.96. The number of nitrogens with zero attached hydrogens (tertiary/aromatic N) is 3. The van der Waals surface area contributed by atoms with Gasteiger partial charge in [0.2, 0.25) is 11.0 Å². The maximum Gasteiger partial charge on any atom is 0.233 e. The summed E-state index contributed by atoms with van der Waals surface area (Å²) in [6.45, 7) is 7.05. The van der Waals surface area contributed by atoms with Gasteiger partial charge in [-0.05, 0) is 13.3 Å². The Kier molecular flexibility index (Phi) is 6.72. The number of amides is 1. The Morgan fingerprint density at radius 2 is 2.43 bits per heavy atom. The lowest BCUT2D eigenvalue weighted by Gasteiger charge is -2.31. The SMILES string of the molecule is CCCCNc1nnc(SCC(=O)N2CCOC(C)C2)s1. The number of ether oxygens (including phenoxy) is 1. The highest BCUT2D eigenvalue weighted by atomic mass is 32.2. The lowest BCUT2D eigenvalue weighted by molar-refractivity contribution is -0.135. The van der Waals surface area contributed by atoms with Gasteiger partial charge in [0.15, 0.2) is 4.34 Å². The Labute approximate surface area is 133 Å². The molecular formula is C13H22N4O2S2. The van der Waals surface area contributed by atoms with Gasteiger partial charge in [-0.25, -0.2) is 0 Å². The van der Waals surface area contributed by atoms with E-state index in [-0.39, 0.29) is 12.0 Å². The van der Waals surface area contributed by atoms with Gasteiger partial charge in [-0.1, -0.05) is 36.4 Å². The summed E-state index contributed by atoms with van der Waals surface area (Å²) in [6, 6.07) is 0. The molecule has 0 radical (unpaired) electrons. The highest BCUT2D eigenvalue weighted by Gasteiger charge is 2.21. The molecule has 118 valence electrons. The fourth-order valence-corrected chi connectivity index (χ4v) is 3.65. The van der Waals surface area contributed by atoms with E-state index >= 15 is 0 Å². The maximum atomic E-state index is 12.1. The zero-order valence-electron chi connectivity index (χ0n) is 12.5. The van der Waals surface area contributed by atoms with Crippen LogP contribution in [-0.4, -0.2) is 59.1 Å². The zero-order valence-corrected chi connectivity index (χ0v) is 14.1. The van der Waals surface area contributed by atoms with Crippen molar-refractivity contribution in [2.75, 3.05) is 37.3 Å². The van der Waals surface area contributed by atoms with E-state index in [0.717, 1.165) is 28.9 Å². The van der Waals surface area contributed by atoms with Crippen molar-refractivity contribution in [2.45, 2.75) is 37.1 Å². The molecule has 2 heterocycles. The second-order valence-corrected chi connectivity index (χ2v) is 7.16. The van der Waals surface area contributed by atoms with E-state index in [1.165, 1.54) is 23.1 Å². The zero-order chi connectivity index (χ0) is 15.1. The van der Waals surface area contributed by atoms with Crippen molar-refractivity contribution in [2.24, 2.45) is 0 Å². The first-order valence-corrected chi connectivity index (χ1v) is 9.08. The van der Waals surface area contributed by atoms with E-state index < -0.39 is 0 Å². The minimum Gasteiger partial charge on any atom is -0.375 e. The topological polar surface area (TPSA) is 67.4 Å². The van der Waals surface area contributed by atoms with Gasteiger partial charge in [0.25, 0.3) is 0 Å². The number of carbonyl (C=O) groups excluding carboxylic acids is 1. The van der Waals surface area contributed by atoms with Crippen LogP contribution in [0.5, 0.6) is 0 Å². The Hall–Kier alpha value is -0.860. The number of nitrogens with one attached hydrogen (secondary N) is 1. The third-order valence-electron chi connectivity index (χ3n) is 3.13. The van der Waals surface area contributed by atoms with Crippen LogP contribution in [0.25, 0.3) is 0 Å². The van der Waals surface area contributed by atoms with Gasteiger partial charge in [-0.3, -0.25) is 4.79 Å². The quantitative estimate of drug-likeness (QED) is 0.610. The Morgan fingerprint density at radius 3 is 3.19 bits per heavy atom. The van der Waals surface area contributed by atoms with Crippen molar-refractivity contribution in [3.05, 3.63) is 0 Å². The summed E-state index contributed by atoms with van der Waals surface area (Å²) in [5.41, 5.74) is 0. The third kappa shape index (κ3) is 5.44. The molecule has 1 saturated heterocycles. The molecule has 0 bridgehead atoms. The Morgan fingerprint density at radius 1 is 1.57 bits per heavy atom. The van der Waals surface area contributed by atoms with Gasteiger partial charge in [-0.15, -0.1) is 10.2 Å². The maximum absolute atomic E-state index is 12.1.